The van der Waals surface area contributed by atoms with E-state index in [1.165, 1.54) is 0 Å². The molecular formula is C13H16N4O. The average Bonchev–Trinajstić information content (AvgIpc) is 2.85. The molecule has 0 saturated carbocycles. The maximum Gasteiger partial charge on any atom is 0.114 e. The molecule has 0 spiro atoms. The molecule has 0 aromatic carbocycles. The van der Waals surface area contributed by atoms with Crippen LogP contribution in [0.25, 0.3) is 5.52 Å². The van der Waals surface area contributed by atoms with Gasteiger partial charge in [-0.3, -0.25) is 4.98 Å². The first kappa shape index (κ1) is 11.2. The van der Waals surface area contributed by atoms with Gasteiger partial charge in [0.25, 0.3) is 0 Å². The summed E-state index contributed by atoms with van der Waals surface area (Å²) >= 11 is 0. The second-order valence-electron chi connectivity index (χ2n) is 4.32. The third-order valence-electron chi connectivity index (χ3n) is 3.20. The van der Waals surface area contributed by atoms with Crippen LogP contribution in [0.15, 0.2) is 36.6 Å². The molecule has 5 nitrogen and oxygen atoms in total. The Morgan fingerprint density at radius 1 is 1.44 bits per heavy atom. The standard InChI is InChI=1S/C13H16N4O/c1-14-13(12-4-2-3-7-18-12)10-8-16-17-6-5-15-9-11(10)17/h4-6,8-9,13-14H,2-3,7H2,1H3. The number of allylic oxidation sites excluding steroid dienone is 1. The molecular weight excluding hydrogens is 228 g/mol. The molecule has 94 valence electrons. The molecule has 0 saturated heterocycles. The maximum atomic E-state index is 5.74. The first-order chi connectivity index (χ1) is 8.90. The van der Waals surface area contributed by atoms with E-state index in [2.05, 4.69) is 21.5 Å². The summed E-state index contributed by atoms with van der Waals surface area (Å²) in [6, 6.07) is 0.0481. The molecule has 1 atom stereocenters. The number of ether oxygens (including phenoxy) is 1. The van der Waals surface area contributed by atoms with Crippen molar-refractivity contribution in [3.63, 3.8) is 0 Å². The van der Waals surface area contributed by atoms with Gasteiger partial charge in [-0.15, -0.1) is 0 Å². The van der Waals surface area contributed by atoms with E-state index in [1.54, 1.807) is 6.20 Å². The van der Waals surface area contributed by atoms with E-state index in [0.717, 1.165) is 36.3 Å². The number of hydrogen-bond donors (Lipinski definition) is 1. The van der Waals surface area contributed by atoms with Crippen LogP contribution in [0.3, 0.4) is 0 Å². The lowest BCUT2D eigenvalue weighted by Crippen LogP contribution is -2.21. The second-order valence-corrected chi connectivity index (χ2v) is 4.32. The highest BCUT2D eigenvalue weighted by molar-refractivity contribution is 5.54. The fourth-order valence-corrected chi connectivity index (χ4v) is 2.30. The van der Waals surface area contributed by atoms with E-state index < -0.39 is 0 Å². The Kier molecular flexibility index (Phi) is 2.98. The molecule has 0 radical (unpaired) electrons. The van der Waals surface area contributed by atoms with Crippen molar-refractivity contribution < 1.29 is 4.74 Å². The highest BCUT2D eigenvalue weighted by Gasteiger charge is 2.21. The largest absolute Gasteiger partial charge is 0.496 e. The molecule has 2 aromatic rings. The minimum absolute atomic E-state index is 0.0481. The summed E-state index contributed by atoms with van der Waals surface area (Å²) in [6.45, 7) is 0.793. The first-order valence-electron chi connectivity index (χ1n) is 6.17. The zero-order chi connectivity index (χ0) is 12.4. The van der Waals surface area contributed by atoms with Gasteiger partial charge in [0.05, 0.1) is 30.6 Å². The fraction of sp³-hybridized carbons (Fsp3) is 0.385. The number of likely N-dealkylation sites (N-methyl/N-ethyl adjacent to an activating group) is 1. The fourth-order valence-electron chi connectivity index (χ4n) is 2.30. The van der Waals surface area contributed by atoms with E-state index in [-0.39, 0.29) is 6.04 Å². The number of fused-ring (bicyclic) bond motifs is 1. The van der Waals surface area contributed by atoms with E-state index in [4.69, 9.17) is 4.74 Å². The van der Waals surface area contributed by atoms with Gasteiger partial charge in [-0.2, -0.15) is 5.10 Å². The predicted molar refractivity (Wildman–Crippen MR) is 68.1 cm³/mol. The van der Waals surface area contributed by atoms with E-state index in [9.17, 15) is 0 Å². The van der Waals surface area contributed by atoms with Gasteiger partial charge in [0.15, 0.2) is 0 Å². The molecule has 0 aliphatic carbocycles. The van der Waals surface area contributed by atoms with Crippen LogP contribution in [0.4, 0.5) is 0 Å². The highest BCUT2D eigenvalue weighted by Crippen LogP contribution is 2.28. The van der Waals surface area contributed by atoms with Crippen LogP contribution in [0.5, 0.6) is 0 Å². The molecule has 1 aliphatic rings. The predicted octanol–water partition coefficient (Wildman–Crippen LogP) is 1.68. The van der Waals surface area contributed by atoms with E-state index >= 15 is 0 Å². The molecule has 3 rings (SSSR count). The zero-order valence-corrected chi connectivity index (χ0v) is 10.3. The Labute approximate surface area is 105 Å². The Morgan fingerprint density at radius 3 is 3.17 bits per heavy atom. The van der Waals surface area contributed by atoms with Crippen molar-refractivity contribution in [1.29, 1.82) is 0 Å². The molecule has 0 bridgehead atoms. The third-order valence-corrected chi connectivity index (χ3v) is 3.20. The lowest BCUT2D eigenvalue weighted by atomic mass is 10.0. The summed E-state index contributed by atoms with van der Waals surface area (Å²) in [6.07, 6.45) is 11.6. The normalized spacial score (nSPS) is 17.3. The molecule has 3 heterocycles. The van der Waals surface area contributed by atoms with Gasteiger partial charge >= 0.3 is 0 Å². The Bertz CT molecular complexity index is 575. The van der Waals surface area contributed by atoms with Crippen LogP contribution in [0, 0.1) is 0 Å². The average molecular weight is 244 g/mol. The molecule has 1 unspecified atom stereocenters. The van der Waals surface area contributed by atoms with E-state index in [0.29, 0.717) is 0 Å². The van der Waals surface area contributed by atoms with Gasteiger partial charge in [0, 0.05) is 18.0 Å². The van der Waals surface area contributed by atoms with E-state index in [1.807, 2.05) is 30.2 Å². The van der Waals surface area contributed by atoms with Crippen molar-refractivity contribution in [2.24, 2.45) is 0 Å². The molecule has 1 N–H and O–H groups in total. The monoisotopic (exact) mass is 244 g/mol. The van der Waals surface area contributed by atoms with Gasteiger partial charge < -0.3 is 10.1 Å². The minimum atomic E-state index is 0.0481. The van der Waals surface area contributed by atoms with Crippen LogP contribution < -0.4 is 5.32 Å². The molecule has 18 heavy (non-hydrogen) atoms. The first-order valence-corrected chi connectivity index (χ1v) is 6.17. The van der Waals surface area contributed by atoms with Gasteiger partial charge in [-0.05, 0) is 26.0 Å². The summed E-state index contributed by atoms with van der Waals surface area (Å²) in [7, 11) is 1.93. The van der Waals surface area contributed by atoms with Crippen LogP contribution in [0.2, 0.25) is 0 Å². The van der Waals surface area contributed by atoms with Crippen LogP contribution in [-0.4, -0.2) is 28.3 Å². The summed E-state index contributed by atoms with van der Waals surface area (Å²) in [5.74, 6) is 0.988. The summed E-state index contributed by atoms with van der Waals surface area (Å²) in [5, 5.41) is 7.63. The van der Waals surface area contributed by atoms with Crippen molar-refractivity contribution in [1.82, 2.24) is 19.9 Å². The minimum Gasteiger partial charge on any atom is -0.496 e. The third kappa shape index (κ3) is 1.86. The Morgan fingerprint density at radius 2 is 2.39 bits per heavy atom. The Balaban J connectivity index is 2.03. The lowest BCUT2D eigenvalue weighted by Gasteiger charge is -2.22. The summed E-state index contributed by atoms with van der Waals surface area (Å²) in [5.41, 5.74) is 2.10. The zero-order valence-electron chi connectivity index (χ0n) is 10.3. The Hall–Kier alpha value is -1.88. The smallest absolute Gasteiger partial charge is 0.114 e. The number of nitrogens with one attached hydrogen (secondary N) is 1. The SMILES string of the molecule is CNC(C1=CCCCO1)c1cnn2ccncc12. The van der Waals surface area contributed by atoms with Crippen molar-refractivity contribution in [2.45, 2.75) is 18.9 Å². The van der Waals surface area contributed by atoms with Crippen LogP contribution in [-0.2, 0) is 4.74 Å². The van der Waals surface area contributed by atoms with Crippen LogP contribution >= 0.6 is 0 Å². The highest BCUT2D eigenvalue weighted by atomic mass is 16.5. The quantitative estimate of drug-likeness (QED) is 0.892. The molecule has 2 aromatic heterocycles. The van der Waals surface area contributed by atoms with Crippen molar-refractivity contribution in [2.75, 3.05) is 13.7 Å². The maximum absolute atomic E-state index is 5.74. The van der Waals surface area contributed by atoms with Crippen molar-refractivity contribution >= 4 is 5.52 Å². The second kappa shape index (κ2) is 4.78. The van der Waals surface area contributed by atoms with Crippen molar-refractivity contribution in [3.8, 4) is 0 Å². The number of nitrogens with zero attached hydrogens (tertiary/aromatic N) is 3. The number of hydrogen-bond acceptors (Lipinski definition) is 4. The van der Waals surface area contributed by atoms with Crippen molar-refractivity contribution in [3.05, 3.63) is 42.2 Å². The van der Waals surface area contributed by atoms with Gasteiger partial charge in [-0.25, -0.2) is 4.52 Å². The van der Waals surface area contributed by atoms with Gasteiger partial charge in [0.1, 0.15) is 5.76 Å². The summed E-state index contributed by atoms with van der Waals surface area (Å²) in [4.78, 5) is 4.16. The molecule has 5 heteroatoms. The van der Waals surface area contributed by atoms with Crippen LogP contribution in [0.1, 0.15) is 24.4 Å². The molecule has 0 fully saturated rings. The topological polar surface area (TPSA) is 51.5 Å². The van der Waals surface area contributed by atoms with Gasteiger partial charge in [0.2, 0.25) is 0 Å². The molecule has 1 aliphatic heterocycles. The lowest BCUT2D eigenvalue weighted by molar-refractivity contribution is 0.170. The molecule has 0 amide bonds. The summed E-state index contributed by atoms with van der Waals surface area (Å²) < 4.78 is 7.57. The van der Waals surface area contributed by atoms with Gasteiger partial charge in [-0.1, -0.05) is 0 Å². The number of rotatable bonds is 3. The number of aromatic nitrogens is 3.